The van der Waals surface area contributed by atoms with Gasteiger partial charge in [-0.25, -0.2) is 0 Å². The van der Waals surface area contributed by atoms with Crippen molar-refractivity contribution in [2.45, 2.75) is 0 Å². The number of phenolic OH excluding ortho intramolecular Hbond substituents is 1. The van der Waals surface area contributed by atoms with E-state index in [9.17, 15) is 20.0 Å². The maximum absolute atomic E-state index is 12.1. The van der Waals surface area contributed by atoms with Crippen LogP contribution in [0.15, 0.2) is 36.4 Å². The highest BCUT2D eigenvalue weighted by Crippen LogP contribution is 2.28. The molecular weight excluding hydrogens is 319 g/mol. The Hall–Kier alpha value is -2.31. The molecule has 0 aliphatic carbocycles. The van der Waals surface area contributed by atoms with Gasteiger partial charge in [-0.1, -0.05) is 23.2 Å². The highest BCUT2D eigenvalue weighted by Gasteiger charge is 2.21. The summed E-state index contributed by atoms with van der Waals surface area (Å²) in [5.41, 5.74) is -0.494. The van der Waals surface area contributed by atoms with E-state index in [-0.39, 0.29) is 22.0 Å². The molecule has 21 heavy (non-hydrogen) atoms. The number of carbonyl (C=O) groups excluding carboxylic acids is 1. The summed E-state index contributed by atoms with van der Waals surface area (Å²) in [6, 6.07) is 7.61. The standard InChI is InChI=1S/C13H8Cl2N2O4/c14-7-1-3-10(15)11(5-7)16-13(19)9-6-8(18)2-4-12(9)17(20)21/h1-6,18H,(H,16,19). The summed E-state index contributed by atoms with van der Waals surface area (Å²) in [6.07, 6.45) is 0. The molecule has 0 aliphatic heterocycles. The summed E-state index contributed by atoms with van der Waals surface area (Å²) in [4.78, 5) is 22.3. The largest absolute Gasteiger partial charge is 0.508 e. The maximum atomic E-state index is 12.1. The van der Waals surface area contributed by atoms with Crippen molar-refractivity contribution in [1.29, 1.82) is 0 Å². The average molecular weight is 327 g/mol. The molecule has 2 rings (SSSR count). The Morgan fingerprint density at radius 3 is 2.57 bits per heavy atom. The number of aromatic hydroxyl groups is 1. The molecular formula is C13H8Cl2N2O4. The summed E-state index contributed by atoms with van der Waals surface area (Å²) >= 11 is 11.7. The van der Waals surface area contributed by atoms with Crippen LogP contribution in [-0.2, 0) is 0 Å². The van der Waals surface area contributed by atoms with E-state index in [1.54, 1.807) is 0 Å². The van der Waals surface area contributed by atoms with Crippen LogP contribution in [0, 0.1) is 10.1 Å². The molecule has 0 unspecified atom stereocenters. The van der Waals surface area contributed by atoms with Crippen molar-refractivity contribution in [3.63, 3.8) is 0 Å². The Kier molecular flexibility index (Phi) is 4.30. The van der Waals surface area contributed by atoms with Crippen molar-refractivity contribution < 1.29 is 14.8 Å². The van der Waals surface area contributed by atoms with Gasteiger partial charge >= 0.3 is 0 Å². The fraction of sp³-hybridized carbons (Fsp3) is 0. The second-order valence-electron chi connectivity index (χ2n) is 4.04. The molecule has 1 amide bonds. The van der Waals surface area contributed by atoms with Crippen LogP contribution in [0.2, 0.25) is 10.0 Å². The normalized spacial score (nSPS) is 10.2. The van der Waals surface area contributed by atoms with Gasteiger partial charge in [-0.3, -0.25) is 14.9 Å². The van der Waals surface area contributed by atoms with E-state index < -0.39 is 16.5 Å². The van der Waals surface area contributed by atoms with E-state index in [0.29, 0.717) is 5.02 Å². The number of benzene rings is 2. The second kappa shape index (κ2) is 5.99. The van der Waals surface area contributed by atoms with E-state index in [0.717, 1.165) is 18.2 Å². The van der Waals surface area contributed by atoms with Crippen molar-refractivity contribution in [2.75, 3.05) is 5.32 Å². The number of amides is 1. The number of hydrogen-bond donors (Lipinski definition) is 2. The van der Waals surface area contributed by atoms with E-state index in [1.165, 1.54) is 18.2 Å². The van der Waals surface area contributed by atoms with Crippen molar-refractivity contribution >= 4 is 40.5 Å². The third-order valence-electron chi connectivity index (χ3n) is 2.60. The topological polar surface area (TPSA) is 92.5 Å². The smallest absolute Gasteiger partial charge is 0.282 e. The van der Waals surface area contributed by atoms with Crippen LogP contribution < -0.4 is 5.32 Å². The number of nitrogens with one attached hydrogen (secondary N) is 1. The zero-order valence-corrected chi connectivity index (χ0v) is 11.9. The van der Waals surface area contributed by atoms with Crippen LogP contribution in [0.25, 0.3) is 0 Å². The molecule has 0 fully saturated rings. The number of nitrogens with zero attached hydrogens (tertiary/aromatic N) is 1. The van der Waals surface area contributed by atoms with Gasteiger partial charge in [0, 0.05) is 11.1 Å². The lowest BCUT2D eigenvalue weighted by Crippen LogP contribution is -2.14. The lowest BCUT2D eigenvalue weighted by atomic mass is 10.1. The third-order valence-corrected chi connectivity index (χ3v) is 3.16. The molecule has 8 heteroatoms. The SMILES string of the molecule is O=C(Nc1cc(Cl)ccc1Cl)c1cc(O)ccc1[N+](=O)[O-]. The zero-order chi connectivity index (χ0) is 15.6. The minimum absolute atomic E-state index is 0.215. The van der Waals surface area contributed by atoms with Crippen molar-refractivity contribution in [3.05, 3.63) is 62.1 Å². The first kappa shape index (κ1) is 15.1. The highest BCUT2D eigenvalue weighted by molar-refractivity contribution is 6.36. The number of halogens is 2. The summed E-state index contributed by atoms with van der Waals surface area (Å²) in [5, 5.41) is 23.3. The number of nitro groups is 1. The molecule has 0 spiro atoms. The molecule has 2 N–H and O–H groups in total. The van der Waals surface area contributed by atoms with Gasteiger partial charge in [0.2, 0.25) is 0 Å². The monoisotopic (exact) mass is 326 g/mol. The molecule has 0 saturated heterocycles. The first-order valence-electron chi connectivity index (χ1n) is 5.62. The maximum Gasteiger partial charge on any atom is 0.282 e. The van der Waals surface area contributed by atoms with Crippen LogP contribution in [0.4, 0.5) is 11.4 Å². The number of nitro benzene ring substituents is 1. The molecule has 2 aromatic carbocycles. The van der Waals surface area contributed by atoms with E-state index in [2.05, 4.69) is 5.32 Å². The fourth-order valence-electron chi connectivity index (χ4n) is 1.65. The molecule has 0 heterocycles. The minimum atomic E-state index is -0.776. The number of hydrogen-bond acceptors (Lipinski definition) is 4. The number of phenols is 1. The summed E-state index contributed by atoms with van der Waals surface area (Å²) in [7, 11) is 0. The van der Waals surface area contributed by atoms with Crippen LogP contribution >= 0.6 is 23.2 Å². The van der Waals surface area contributed by atoms with Gasteiger partial charge in [0.15, 0.2) is 0 Å². The number of anilines is 1. The first-order valence-corrected chi connectivity index (χ1v) is 6.38. The Balaban J connectivity index is 2.39. The van der Waals surface area contributed by atoms with E-state index in [4.69, 9.17) is 23.2 Å². The summed E-state index contributed by atoms with van der Waals surface area (Å²) in [5.74, 6) is -1.04. The Morgan fingerprint density at radius 2 is 1.90 bits per heavy atom. The van der Waals surface area contributed by atoms with Gasteiger partial charge in [0.25, 0.3) is 11.6 Å². The predicted octanol–water partition coefficient (Wildman–Crippen LogP) is 3.86. The summed E-state index contributed by atoms with van der Waals surface area (Å²) in [6.45, 7) is 0. The van der Waals surface area contributed by atoms with Crippen LogP contribution in [0.1, 0.15) is 10.4 Å². The fourth-order valence-corrected chi connectivity index (χ4v) is 1.98. The van der Waals surface area contributed by atoms with E-state index >= 15 is 0 Å². The molecule has 108 valence electrons. The van der Waals surface area contributed by atoms with Crippen LogP contribution in [0.3, 0.4) is 0 Å². The molecule has 0 atom stereocenters. The molecule has 6 nitrogen and oxygen atoms in total. The Labute approximate surface area is 129 Å². The highest BCUT2D eigenvalue weighted by atomic mass is 35.5. The molecule has 0 radical (unpaired) electrons. The van der Waals surface area contributed by atoms with Gasteiger partial charge in [-0.05, 0) is 30.3 Å². The summed E-state index contributed by atoms with van der Waals surface area (Å²) < 4.78 is 0. The quantitative estimate of drug-likeness (QED) is 0.661. The van der Waals surface area contributed by atoms with Gasteiger partial charge < -0.3 is 10.4 Å². The van der Waals surface area contributed by atoms with Crippen molar-refractivity contribution in [2.24, 2.45) is 0 Å². The molecule has 0 aromatic heterocycles. The van der Waals surface area contributed by atoms with E-state index in [1.807, 2.05) is 0 Å². The number of carbonyl (C=O) groups is 1. The molecule has 0 bridgehead atoms. The second-order valence-corrected chi connectivity index (χ2v) is 4.88. The lowest BCUT2D eigenvalue weighted by Gasteiger charge is -2.08. The van der Waals surface area contributed by atoms with Gasteiger partial charge in [0.1, 0.15) is 11.3 Å². The first-order chi connectivity index (χ1) is 9.88. The molecule has 0 saturated carbocycles. The predicted molar refractivity (Wildman–Crippen MR) is 79.2 cm³/mol. The molecule has 0 aliphatic rings. The number of rotatable bonds is 3. The zero-order valence-electron chi connectivity index (χ0n) is 10.3. The lowest BCUT2D eigenvalue weighted by molar-refractivity contribution is -0.385. The Bertz CT molecular complexity index is 734. The van der Waals surface area contributed by atoms with Crippen LogP contribution in [0.5, 0.6) is 5.75 Å². The van der Waals surface area contributed by atoms with Crippen LogP contribution in [-0.4, -0.2) is 15.9 Å². The minimum Gasteiger partial charge on any atom is -0.508 e. The average Bonchev–Trinajstić information content (AvgIpc) is 2.42. The van der Waals surface area contributed by atoms with Gasteiger partial charge in [-0.2, -0.15) is 0 Å². The Morgan fingerprint density at radius 1 is 1.19 bits per heavy atom. The van der Waals surface area contributed by atoms with Crippen molar-refractivity contribution in [3.8, 4) is 5.75 Å². The van der Waals surface area contributed by atoms with Crippen molar-refractivity contribution in [1.82, 2.24) is 0 Å². The van der Waals surface area contributed by atoms with Gasteiger partial charge in [0.05, 0.1) is 15.6 Å². The molecule has 2 aromatic rings. The van der Waals surface area contributed by atoms with Gasteiger partial charge in [-0.15, -0.1) is 0 Å². The third kappa shape index (κ3) is 3.42.